The summed E-state index contributed by atoms with van der Waals surface area (Å²) in [5.74, 6) is 0.0764. The molecule has 0 bridgehead atoms. The Morgan fingerprint density at radius 2 is 2.09 bits per heavy atom. The molecule has 0 radical (unpaired) electrons. The Labute approximate surface area is 133 Å². The predicted molar refractivity (Wildman–Crippen MR) is 87.6 cm³/mol. The first-order valence-electron chi connectivity index (χ1n) is 7.40. The molecule has 1 aliphatic heterocycles. The summed E-state index contributed by atoms with van der Waals surface area (Å²) < 4.78 is 1.80. The van der Waals surface area contributed by atoms with Crippen molar-refractivity contribution in [2.75, 3.05) is 42.9 Å². The lowest BCUT2D eigenvalue weighted by atomic mass is 10.3. The summed E-state index contributed by atoms with van der Waals surface area (Å²) in [6, 6.07) is 0. The van der Waals surface area contributed by atoms with E-state index >= 15 is 0 Å². The molecule has 2 aromatic rings. The number of nitrogens with one attached hydrogen (secondary N) is 1. The van der Waals surface area contributed by atoms with Gasteiger partial charge in [-0.3, -0.25) is 9.48 Å². The van der Waals surface area contributed by atoms with E-state index in [0.29, 0.717) is 4.88 Å². The van der Waals surface area contributed by atoms with Crippen LogP contribution in [0.25, 0.3) is 0 Å². The first-order chi connectivity index (χ1) is 10.7. The normalized spacial score (nSPS) is 15.2. The van der Waals surface area contributed by atoms with Gasteiger partial charge in [0.05, 0.1) is 18.1 Å². The Morgan fingerprint density at radius 1 is 1.32 bits per heavy atom. The molecule has 22 heavy (non-hydrogen) atoms. The number of piperazine rings is 1. The third kappa shape index (κ3) is 3.06. The van der Waals surface area contributed by atoms with E-state index in [9.17, 15) is 4.79 Å². The Kier molecular flexibility index (Phi) is 4.28. The summed E-state index contributed by atoms with van der Waals surface area (Å²) in [5, 5.41) is 8.14. The lowest BCUT2D eigenvalue weighted by molar-refractivity contribution is 0.0751. The molecular formula is C14H20N6OS. The second kappa shape index (κ2) is 6.35. The second-order valence-corrected chi connectivity index (χ2v) is 6.24. The van der Waals surface area contributed by atoms with Gasteiger partial charge in [-0.05, 0) is 6.92 Å². The maximum absolute atomic E-state index is 12.5. The molecule has 8 heteroatoms. The van der Waals surface area contributed by atoms with Crippen LogP contribution in [0.2, 0.25) is 0 Å². The first kappa shape index (κ1) is 14.8. The van der Waals surface area contributed by atoms with Crippen LogP contribution in [0.3, 0.4) is 0 Å². The Balaban J connectivity index is 1.59. The number of anilines is 2. The molecule has 1 aliphatic rings. The molecule has 0 spiro atoms. The first-order valence-corrected chi connectivity index (χ1v) is 8.21. The number of thiazole rings is 1. The second-order valence-electron chi connectivity index (χ2n) is 5.21. The number of carbonyl (C=O) groups excluding carboxylic acids is 1. The third-order valence-corrected chi connectivity index (χ3v) is 4.61. The highest BCUT2D eigenvalue weighted by molar-refractivity contribution is 7.17. The molecule has 7 nitrogen and oxygen atoms in total. The molecule has 2 aromatic heterocycles. The molecule has 1 saturated heterocycles. The molecule has 3 heterocycles. The van der Waals surface area contributed by atoms with Gasteiger partial charge in [0.15, 0.2) is 5.13 Å². The summed E-state index contributed by atoms with van der Waals surface area (Å²) in [4.78, 5) is 21.6. The van der Waals surface area contributed by atoms with Crippen molar-refractivity contribution in [1.29, 1.82) is 0 Å². The zero-order valence-electron chi connectivity index (χ0n) is 12.8. The molecule has 3 rings (SSSR count). The Hall–Kier alpha value is -2.09. The van der Waals surface area contributed by atoms with Gasteiger partial charge in [-0.15, -0.1) is 0 Å². The van der Waals surface area contributed by atoms with Crippen LogP contribution in [-0.2, 0) is 7.05 Å². The van der Waals surface area contributed by atoms with Gasteiger partial charge < -0.3 is 15.1 Å². The highest BCUT2D eigenvalue weighted by atomic mass is 32.1. The monoisotopic (exact) mass is 320 g/mol. The lowest BCUT2D eigenvalue weighted by Crippen LogP contribution is -2.48. The summed E-state index contributed by atoms with van der Waals surface area (Å²) in [7, 11) is 1.91. The van der Waals surface area contributed by atoms with Crippen LogP contribution >= 0.6 is 11.3 Å². The van der Waals surface area contributed by atoms with Crippen LogP contribution in [-0.4, -0.2) is 58.3 Å². The van der Waals surface area contributed by atoms with Gasteiger partial charge in [-0.1, -0.05) is 11.3 Å². The van der Waals surface area contributed by atoms with Gasteiger partial charge in [0.2, 0.25) is 0 Å². The van der Waals surface area contributed by atoms with Crippen LogP contribution in [0.1, 0.15) is 16.6 Å². The summed E-state index contributed by atoms with van der Waals surface area (Å²) in [6.07, 6.45) is 5.53. The molecule has 1 fully saturated rings. The molecule has 0 unspecified atom stereocenters. The Morgan fingerprint density at radius 3 is 2.73 bits per heavy atom. The van der Waals surface area contributed by atoms with Crippen LogP contribution in [0.4, 0.5) is 10.8 Å². The van der Waals surface area contributed by atoms with Crippen LogP contribution in [0.5, 0.6) is 0 Å². The number of aryl methyl sites for hydroxylation is 1. The number of hydrogen-bond donors (Lipinski definition) is 1. The highest BCUT2D eigenvalue weighted by Gasteiger charge is 2.24. The van der Waals surface area contributed by atoms with E-state index in [-0.39, 0.29) is 5.91 Å². The van der Waals surface area contributed by atoms with E-state index in [0.717, 1.165) is 43.5 Å². The van der Waals surface area contributed by atoms with Gasteiger partial charge in [0, 0.05) is 46.0 Å². The molecule has 118 valence electrons. The fraction of sp³-hybridized carbons (Fsp3) is 0.500. The van der Waals surface area contributed by atoms with Crippen molar-refractivity contribution in [1.82, 2.24) is 19.7 Å². The number of amides is 1. The van der Waals surface area contributed by atoms with Gasteiger partial charge in [0.1, 0.15) is 4.88 Å². The van der Waals surface area contributed by atoms with E-state index in [1.165, 1.54) is 11.3 Å². The summed E-state index contributed by atoms with van der Waals surface area (Å²) in [5.41, 5.74) is 1.11. The number of carbonyl (C=O) groups is 1. The summed E-state index contributed by atoms with van der Waals surface area (Å²) in [6.45, 7) is 5.93. The fourth-order valence-electron chi connectivity index (χ4n) is 2.50. The molecule has 0 atom stereocenters. The molecular weight excluding hydrogens is 300 g/mol. The van der Waals surface area contributed by atoms with Crippen molar-refractivity contribution in [2.24, 2.45) is 7.05 Å². The van der Waals surface area contributed by atoms with Crippen LogP contribution in [0.15, 0.2) is 18.6 Å². The number of aromatic nitrogens is 3. The topological polar surface area (TPSA) is 66.3 Å². The maximum Gasteiger partial charge on any atom is 0.265 e. The summed E-state index contributed by atoms with van der Waals surface area (Å²) >= 11 is 1.42. The van der Waals surface area contributed by atoms with E-state index < -0.39 is 0 Å². The van der Waals surface area contributed by atoms with E-state index in [1.807, 2.05) is 31.3 Å². The van der Waals surface area contributed by atoms with Crippen molar-refractivity contribution >= 4 is 28.1 Å². The zero-order valence-corrected chi connectivity index (χ0v) is 13.6. The number of hydrogen-bond acceptors (Lipinski definition) is 6. The van der Waals surface area contributed by atoms with Crippen LogP contribution < -0.4 is 10.2 Å². The minimum Gasteiger partial charge on any atom is -0.365 e. The molecule has 0 saturated carbocycles. The van der Waals surface area contributed by atoms with E-state index in [4.69, 9.17) is 0 Å². The predicted octanol–water partition coefficient (Wildman–Crippen LogP) is 1.27. The largest absolute Gasteiger partial charge is 0.365 e. The zero-order chi connectivity index (χ0) is 15.5. The van der Waals surface area contributed by atoms with E-state index in [1.54, 1.807) is 10.9 Å². The molecule has 1 amide bonds. The molecule has 1 N–H and O–H groups in total. The average molecular weight is 320 g/mol. The van der Waals surface area contributed by atoms with Crippen molar-refractivity contribution in [3.05, 3.63) is 23.5 Å². The number of rotatable bonds is 4. The standard InChI is InChI=1S/C14H20N6OS/c1-3-15-14-16-9-12(22-14)13(21)20-6-4-19(5-7-20)11-8-17-18(2)10-11/h8-10H,3-7H2,1-2H3,(H,15,16). The SMILES string of the molecule is CCNc1ncc(C(=O)N2CCN(c3cnn(C)c3)CC2)s1. The van der Waals surface area contributed by atoms with Gasteiger partial charge in [-0.2, -0.15) is 5.10 Å². The minimum absolute atomic E-state index is 0.0764. The lowest BCUT2D eigenvalue weighted by Gasteiger charge is -2.35. The van der Waals surface area contributed by atoms with Crippen molar-refractivity contribution in [3.63, 3.8) is 0 Å². The molecule has 0 aromatic carbocycles. The van der Waals surface area contributed by atoms with Crippen molar-refractivity contribution < 1.29 is 4.79 Å². The Bertz CT molecular complexity index is 643. The maximum atomic E-state index is 12.5. The quantitative estimate of drug-likeness (QED) is 0.919. The minimum atomic E-state index is 0.0764. The van der Waals surface area contributed by atoms with Crippen LogP contribution in [0, 0.1) is 0 Å². The van der Waals surface area contributed by atoms with E-state index in [2.05, 4.69) is 20.3 Å². The average Bonchev–Trinajstić information content (AvgIpc) is 3.16. The van der Waals surface area contributed by atoms with Crippen molar-refractivity contribution in [2.45, 2.75) is 6.92 Å². The van der Waals surface area contributed by atoms with Gasteiger partial charge >= 0.3 is 0 Å². The highest BCUT2D eigenvalue weighted by Crippen LogP contribution is 2.21. The third-order valence-electron chi connectivity index (χ3n) is 3.67. The number of nitrogens with zero attached hydrogens (tertiary/aromatic N) is 5. The smallest absolute Gasteiger partial charge is 0.265 e. The van der Waals surface area contributed by atoms with Gasteiger partial charge in [-0.25, -0.2) is 4.98 Å². The molecule has 0 aliphatic carbocycles. The van der Waals surface area contributed by atoms with Gasteiger partial charge in [0.25, 0.3) is 5.91 Å². The van der Waals surface area contributed by atoms with Crippen molar-refractivity contribution in [3.8, 4) is 0 Å². The fourth-order valence-corrected chi connectivity index (χ4v) is 3.35.